The van der Waals surface area contributed by atoms with E-state index in [1.54, 1.807) is 30.3 Å². The molecule has 1 saturated carbocycles. The number of benzene rings is 1. The van der Waals surface area contributed by atoms with Crippen molar-refractivity contribution >= 4 is 11.5 Å². The summed E-state index contributed by atoms with van der Waals surface area (Å²) in [5.74, 6) is 0.0498. The Hall–Kier alpha value is -3.60. The molecule has 0 unspecified atom stereocenters. The molecule has 8 heteroatoms. The SMILES string of the molecule is N#Cc1cc(N)cc(-c2ccc(NCC3(c4ncccc4F)CC(F)C3)nn2)c1. The van der Waals surface area contributed by atoms with E-state index in [0.29, 0.717) is 34.9 Å². The molecule has 0 amide bonds. The number of nitriles is 1. The molecule has 0 radical (unpaired) electrons. The van der Waals surface area contributed by atoms with Crippen LogP contribution in [-0.4, -0.2) is 27.9 Å². The number of rotatable bonds is 5. The molecule has 1 aliphatic carbocycles. The van der Waals surface area contributed by atoms with Gasteiger partial charge in [0.25, 0.3) is 0 Å². The maximum absolute atomic E-state index is 14.2. The summed E-state index contributed by atoms with van der Waals surface area (Å²) in [6.45, 7) is 0.298. The molecule has 0 bridgehead atoms. The minimum atomic E-state index is -0.968. The van der Waals surface area contributed by atoms with E-state index in [0.717, 1.165) is 0 Å². The number of halogens is 2. The molecule has 1 aromatic carbocycles. The van der Waals surface area contributed by atoms with Gasteiger partial charge in [0.2, 0.25) is 0 Å². The first-order chi connectivity index (χ1) is 14.0. The number of pyridine rings is 1. The zero-order valence-corrected chi connectivity index (χ0v) is 15.4. The molecule has 146 valence electrons. The van der Waals surface area contributed by atoms with E-state index in [9.17, 15) is 8.78 Å². The number of aromatic nitrogens is 3. The second-order valence-electron chi connectivity index (χ2n) is 7.23. The molecule has 0 spiro atoms. The number of hydrogen-bond acceptors (Lipinski definition) is 6. The summed E-state index contributed by atoms with van der Waals surface area (Å²) in [5.41, 5.74) is 7.54. The monoisotopic (exact) mass is 392 g/mol. The van der Waals surface area contributed by atoms with E-state index in [4.69, 9.17) is 11.0 Å². The van der Waals surface area contributed by atoms with Crippen LogP contribution in [0.15, 0.2) is 48.7 Å². The Bertz CT molecular complexity index is 1070. The van der Waals surface area contributed by atoms with Gasteiger partial charge < -0.3 is 11.1 Å². The summed E-state index contributed by atoms with van der Waals surface area (Å²) in [6.07, 6.45) is 0.963. The van der Waals surface area contributed by atoms with Crippen molar-refractivity contribution in [2.24, 2.45) is 0 Å². The van der Waals surface area contributed by atoms with Crippen molar-refractivity contribution in [2.45, 2.75) is 24.4 Å². The Labute approximate surface area is 166 Å². The van der Waals surface area contributed by atoms with E-state index >= 15 is 0 Å². The molecule has 4 rings (SSSR count). The highest BCUT2D eigenvalue weighted by atomic mass is 19.1. The predicted molar refractivity (Wildman–Crippen MR) is 105 cm³/mol. The minimum absolute atomic E-state index is 0.208. The summed E-state index contributed by atoms with van der Waals surface area (Å²) in [6, 6.07) is 13.4. The third-order valence-corrected chi connectivity index (χ3v) is 5.14. The van der Waals surface area contributed by atoms with Gasteiger partial charge in [0.15, 0.2) is 0 Å². The van der Waals surface area contributed by atoms with Gasteiger partial charge in [-0.2, -0.15) is 5.26 Å². The Morgan fingerprint density at radius 2 is 2.03 bits per heavy atom. The van der Waals surface area contributed by atoms with E-state index < -0.39 is 17.4 Å². The number of nitrogens with zero attached hydrogens (tertiary/aromatic N) is 4. The molecule has 3 aromatic rings. The van der Waals surface area contributed by atoms with Crippen LogP contribution in [0.4, 0.5) is 20.3 Å². The summed E-state index contributed by atoms with van der Waals surface area (Å²) in [4.78, 5) is 4.14. The zero-order chi connectivity index (χ0) is 20.4. The normalized spacial score (nSPS) is 20.5. The van der Waals surface area contributed by atoms with Crippen molar-refractivity contribution in [3.8, 4) is 17.3 Å². The van der Waals surface area contributed by atoms with Crippen LogP contribution in [0.5, 0.6) is 0 Å². The van der Waals surface area contributed by atoms with Gasteiger partial charge in [0.1, 0.15) is 17.8 Å². The highest BCUT2D eigenvalue weighted by Gasteiger charge is 2.48. The first kappa shape index (κ1) is 18.7. The van der Waals surface area contributed by atoms with Crippen molar-refractivity contribution in [1.29, 1.82) is 5.26 Å². The van der Waals surface area contributed by atoms with Crippen molar-refractivity contribution in [1.82, 2.24) is 15.2 Å². The lowest BCUT2D eigenvalue weighted by atomic mass is 9.65. The van der Waals surface area contributed by atoms with Gasteiger partial charge in [0.05, 0.1) is 23.0 Å². The van der Waals surface area contributed by atoms with Crippen LogP contribution in [0.25, 0.3) is 11.3 Å². The van der Waals surface area contributed by atoms with Crippen LogP contribution in [0.2, 0.25) is 0 Å². The van der Waals surface area contributed by atoms with E-state index in [1.165, 1.54) is 18.3 Å². The van der Waals surface area contributed by atoms with Crippen LogP contribution >= 0.6 is 0 Å². The molecule has 0 aliphatic heterocycles. The molecule has 0 saturated heterocycles. The lowest BCUT2D eigenvalue weighted by molar-refractivity contribution is 0.0964. The molecular weight excluding hydrogens is 374 g/mol. The van der Waals surface area contributed by atoms with Crippen LogP contribution in [0.1, 0.15) is 24.1 Å². The van der Waals surface area contributed by atoms with Gasteiger partial charge in [-0.15, -0.1) is 10.2 Å². The number of anilines is 2. The predicted octanol–water partition coefficient (Wildman–Crippen LogP) is 3.61. The highest BCUT2D eigenvalue weighted by Crippen LogP contribution is 2.45. The van der Waals surface area contributed by atoms with Crippen molar-refractivity contribution in [3.63, 3.8) is 0 Å². The molecule has 29 heavy (non-hydrogen) atoms. The summed E-state index contributed by atoms with van der Waals surface area (Å²) in [7, 11) is 0. The number of nitrogens with one attached hydrogen (secondary N) is 1. The Balaban J connectivity index is 1.51. The van der Waals surface area contributed by atoms with E-state index in [1.807, 2.05) is 0 Å². The quantitative estimate of drug-likeness (QED) is 0.644. The number of alkyl halides is 1. The van der Waals surface area contributed by atoms with Gasteiger partial charge in [0, 0.05) is 29.4 Å². The minimum Gasteiger partial charge on any atom is -0.399 e. The number of nitrogens with two attached hydrogens (primary N) is 1. The first-order valence-corrected chi connectivity index (χ1v) is 9.13. The smallest absolute Gasteiger partial charge is 0.148 e. The molecule has 2 heterocycles. The third-order valence-electron chi connectivity index (χ3n) is 5.14. The number of hydrogen-bond donors (Lipinski definition) is 2. The van der Waals surface area contributed by atoms with Gasteiger partial charge in [-0.05, 0) is 55.3 Å². The Kier molecular flexibility index (Phi) is 4.80. The summed E-state index contributed by atoms with van der Waals surface area (Å²) in [5, 5.41) is 20.5. The van der Waals surface area contributed by atoms with Gasteiger partial charge in [-0.25, -0.2) is 8.78 Å². The Morgan fingerprint density at radius 1 is 1.21 bits per heavy atom. The van der Waals surface area contributed by atoms with E-state index in [-0.39, 0.29) is 18.5 Å². The standard InChI is InChI=1S/C21H18F2N6/c22-15-9-21(10-15,20-17(23)2-1-5-26-20)12-27-19-4-3-18(28-29-19)14-6-13(11-24)7-16(25)8-14/h1-8,15H,9-10,12,25H2,(H,27,29). The summed E-state index contributed by atoms with van der Waals surface area (Å²) >= 11 is 0. The molecular formula is C21H18F2N6. The number of nitrogen functional groups attached to an aromatic ring is 1. The van der Waals surface area contributed by atoms with Crippen LogP contribution in [-0.2, 0) is 5.41 Å². The summed E-state index contributed by atoms with van der Waals surface area (Å²) < 4.78 is 27.9. The van der Waals surface area contributed by atoms with Crippen molar-refractivity contribution < 1.29 is 8.78 Å². The lowest BCUT2D eigenvalue weighted by Crippen LogP contribution is -2.49. The van der Waals surface area contributed by atoms with Gasteiger partial charge in [-0.3, -0.25) is 4.98 Å². The molecule has 2 aromatic heterocycles. The van der Waals surface area contributed by atoms with Crippen molar-refractivity contribution in [2.75, 3.05) is 17.6 Å². The largest absolute Gasteiger partial charge is 0.399 e. The van der Waals surface area contributed by atoms with Crippen molar-refractivity contribution in [3.05, 3.63) is 65.7 Å². The fraction of sp³-hybridized carbons (Fsp3) is 0.238. The van der Waals surface area contributed by atoms with Gasteiger partial charge in [-0.1, -0.05) is 0 Å². The second kappa shape index (κ2) is 7.43. The molecule has 1 aliphatic rings. The fourth-order valence-electron chi connectivity index (χ4n) is 3.69. The average molecular weight is 392 g/mol. The average Bonchev–Trinajstić information content (AvgIpc) is 2.70. The maximum atomic E-state index is 14.2. The van der Waals surface area contributed by atoms with E-state index in [2.05, 4.69) is 26.6 Å². The lowest BCUT2D eigenvalue weighted by Gasteiger charge is -2.44. The zero-order valence-electron chi connectivity index (χ0n) is 15.4. The third kappa shape index (κ3) is 3.72. The topological polar surface area (TPSA) is 101 Å². The fourth-order valence-corrected chi connectivity index (χ4v) is 3.69. The maximum Gasteiger partial charge on any atom is 0.148 e. The first-order valence-electron chi connectivity index (χ1n) is 9.13. The molecule has 1 fully saturated rings. The Morgan fingerprint density at radius 3 is 2.69 bits per heavy atom. The second-order valence-corrected chi connectivity index (χ2v) is 7.23. The van der Waals surface area contributed by atoms with Crippen LogP contribution in [0.3, 0.4) is 0 Å². The molecule has 0 atom stereocenters. The highest BCUT2D eigenvalue weighted by molar-refractivity contribution is 5.67. The van der Waals surface area contributed by atoms with Crippen LogP contribution < -0.4 is 11.1 Å². The van der Waals surface area contributed by atoms with Crippen LogP contribution in [0, 0.1) is 17.1 Å². The molecule has 3 N–H and O–H groups in total. The molecule has 6 nitrogen and oxygen atoms in total. The van der Waals surface area contributed by atoms with Gasteiger partial charge >= 0.3 is 0 Å².